The van der Waals surface area contributed by atoms with Gasteiger partial charge in [0.05, 0.1) is 0 Å². The maximum Gasteiger partial charge on any atom is -0.000456 e. The molecule has 0 heteroatoms. The Kier molecular flexibility index (Phi) is 42.5. The molecular formula is C117H160. The van der Waals surface area contributed by atoms with E-state index in [2.05, 4.69) is 239 Å². The fourth-order valence-electron chi connectivity index (χ4n) is 17.9. The van der Waals surface area contributed by atoms with Gasteiger partial charge in [0.1, 0.15) is 0 Å². The van der Waals surface area contributed by atoms with Crippen molar-refractivity contribution in [3.8, 4) is 55.6 Å². The molecule has 12 aromatic carbocycles. The third-order valence-electron chi connectivity index (χ3n) is 24.0. The predicted molar refractivity (Wildman–Crippen MR) is 533 cm³/mol. The van der Waals surface area contributed by atoms with Crippen LogP contribution in [0.5, 0.6) is 0 Å². The van der Waals surface area contributed by atoms with Crippen molar-refractivity contribution in [1.82, 2.24) is 0 Å². The Hall–Kier alpha value is -8.84. The van der Waals surface area contributed by atoms with E-state index in [0.717, 1.165) is 32.1 Å². The normalized spacial score (nSPS) is 12.3. The molecular weight excluding hydrogens is 1410 g/mol. The van der Waals surface area contributed by atoms with E-state index in [4.69, 9.17) is 0 Å². The molecule has 0 unspecified atom stereocenters. The lowest BCUT2D eigenvalue weighted by molar-refractivity contribution is 0.681. The Morgan fingerprint density at radius 1 is 0.179 bits per heavy atom. The van der Waals surface area contributed by atoms with Crippen LogP contribution in [0.25, 0.3) is 77.2 Å². The number of fused-ring (bicyclic) bond motifs is 23. The molecule has 0 aliphatic heterocycles. The van der Waals surface area contributed by atoms with Gasteiger partial charge in [0.2, 0.25) is 0 Å². The van der Waals surface area contributed by atoms with Crippen LogP contribution in [0, 0.1) is 69.2 Å². The lowest BCUT2D eigenvalue weighted by atomic mass is 9.85. The number of hydrogen-bond acceptors (Lipinski definition) is 0. The standard InChI is InChI=1S/C19H20.C19H16.2C19H20.C19H16.10C2H6.2CH4/c1-12-7-16-10-17-9-14-5-3-4-6-15(14)11-19(17)18(16)8-13(12)2;1-12-7-9-16-17-10-8-14-5-3-4-6-15(14)19(17)11-18(16)13(12)2;1-12-9-15-11-19-16-6-4-3-5-14(16)7-8-17(19)18(15)10-13(12)2;1-12-9-16-11-15-8-7-14-5-3-4-6-17(14)19(15)18(16)10-13(12)2;1-12-7-8-17-18(13(12)2)11-16-9-14-5-3-4-6-15(14)10-19(16)17;10*1-2;;/h7-9,11H,3-6,10H2,1-2H3;3-10H,11H2,1-2H3;2*7-10H,3-6,11H2,1-2H3;3-10H,11H2,1-2H3;10*1-2H3;2*1H4. The second-order valence-corrected chi connectivity index (χ2v) is 29.8. The monoisotopic (exact) mass is 1570 g/mol. The molecule has 8 aliphatic rings. The molecule has 0 saturated heterocycles. The molecule has 0 fully saturated rings. The van der Waals surface area contributed by atoms with Crippen molar-refractivity contribution >= 4 is 21.5 Å². The second kappa shape index (κ2) is 49.5. The quantitative estimate of drug-likeness (QED) is 0.142. The van der Waals surface area contributed by atoms with Crippen LogP contribution in [0.4, 0.5) is 0 Å². The maximum atomic E-state index is 2.49. The second-order valence-electron chi connectivity index (χ2n) is 29.8. The molecule has 0 aromatic heterocycles. The fraction of sp³-hybridized carbons (Fsp3) is 0.419. The zero-order valence-electron chi connectivity index (χ0n) is 78.2. The average Bonchev–Trinajstić information content (AvgIpc) is 1.64. The molecule has 20 rings (SSSR count). The topological polar surface area (TPSA) is 0 Å². The van der Waals surface area contributed by atoms with Gasteiger partial charge in [-0.25, -0.2) is 0 Å². The summed E-state index contributed by atoms with van der Waals surface area (Å²) in [6.45, 7) is 62.3. The highest BCUT2D eigenvalue weighted by atomic mass is 14.3. The van der Waals surface area contributed by atoms with E-state index < -0.39 is 0 Å². The molecule has 0 amide bonds. The molecule has 0 nitrogen and oxygen atoms in total. The van der Waals surface area contributed by atoms with Crippen molar-refractivity contribution in [2.24, 2.45) is 0 Å². The highest BCUT2D eigenvalue weighted by Gasteiger charge is 2.29. The Morgan fingerprint density at radius 3 is 1.06 bits per heavy atom. The SMILES string of the molecule is C.C.CC.CC.CC.CC.CC.CC.CC.CC.CC.CC.Cc1cc2c(cc1C)-c1c(ccc3c1CCCC3)C2.Cc1cc2c(cc1C)-c1cc3c(cc1C2)CCCC3.Cc1cc2c(cc1C)-c1ccc3c(c1C2)CCCC3.Cc1ccc2c(c1C)Cc1c-2ccc2ccccc12.Cc1ccc2c(c1C)Cc1cc3ccccc3cc1-2. The zero-order valence-corrected chi connectivity index (χ0v) is 78.2. The Bertz CT molecular complexity index is 5110. The van der Waals surface area contributed by atoms with E-state index in [9.17, 15) is 0 Å². The van der Waals surface area contributed by atoms with Crippen LogP contribution in [-0.2, 0) is 70.6 Å². The summed E-state index contributed by atoms with van der Waals surface area (Å²) in [5.41, 5.74) is 54.3. The van der Waals surface area contributed by atoms with Gasteiger partial charge in [-0.15, -0.1) is 0 Å². The molecule has 0 N–H and O–H groups in total. The summed E-state index contributed by atoms with van der Waals surface area (Å²) in [6, 6.07) is 64.6. The minimum absolute atomic E-state index is 0. The summed E-state index contributed by atoms with van der Waals surface area (Å²) < 4.78 is 0. The first kappa shape index (κ1) is 101. The zero-order chi connectivity index (χ0) is 84.9. The maximum absolute atomic E-state index is 2.49. The van der Waals surface area contributed by atoms with Gasteiger partial charge < -0.3 is 0 Å². The number of benzene rings is 12. The molecule has 0 heterocycles. The van der Waals surface area contributed by atoms with Crippen molar-refractivity contribution in [2.75, 3.05) is 0 Å². The van der Waals surface area contributed by atoms with E-state index in [0.29, 0.717) is 0 Å². The minimum atomic E-state index is 0. The van der Waals surface area contributed by atoms with Crippen LogP contribution in [0.15, 0.2) is 170 Å². The lowest BCUT2D eigenvalue weighted by Crippen LogP contribution is -2.05. The summed E-state index contributed by atoms with van der Waals surface area (Å²) in [4.78, 5) is 0. The molecule has 8 aliphatic carbocycles. The van der Waals surface area contributed by atoms with Gasteiger partial charge in [0.25, 0.3) is 0 Å². The van der Waals surface area contributed by atoms with Gasteiger partial charge in [0, 0.05) is 0 Å². The van der Waals surface area contributed by atoms with Crippen molar-refractivity contribution < 1.29 is 0 Å². The van der Waals surface area contributed by atoms with Gasteiger partial charge in [-0.1, -0.05) is 317 Å². The van der Waals surface area contributed by atoms with Gasteiger partial charge in [-0.2, -0.15) is 0 Å². The third-order valence-corrected chi connectivity index (χ3v) is 24.0. The minimum Gasteiger partial charge on any atom is -0.0776 e. The molecule has 628 valence electrons. The molecule has 0 radical (unpaired) electrons. The summed E-state index contributed by atoms with van der Waals surface area (Å²) in [5.74, 6) is 0. The van der Waals surface area contributed by atoms with Crippen molar-refractivity contribution in [3.63, 3.8) is 0 Å². The van der Waals surface area contributed by atoms with Gasteiger partial charge >= 0.3 is 0 Å². The van der Waals surface area contributed by atoms with Crippen molar-refractivity contribution in [1.29, 1.82) is 0 Å². The lowest BCUT2D eigenvalue weighted by Gasteiger charge is -2.20. The first-order chi connectivity index (χ1) is 56.2. The first-order valence-electron chi connectivity index (χ1n) is 46.1. The van der Waals surface area contributed by atoms with Crippen molar-refractivity contribution in [3.05, 3.63) is 315 Å². The van der Waals surface area contributed by atoms with Crippen LogP contribution in [0.3, 0.4) is 0 Å². The van der Waals surface area contributed by atoms with Crippen LogP contribution < -0.4 is 0 Å². The summed E-state index contributed by atoms with van der Waals surface area (Å²) >= 11 is 0. The number of rotatable bonds is 0. The Labute approximate surface area is 718 Å². The van der Waals surface area contributed by atoms with E-state index in [1.807, 2.05) is 138 Å². The van der Waals surface area contributed by atoms with Gasteiger partial charge in [-0.3, -0.25) is 0 Å². The highest BCUT2D eigenvalue weighted by molar-refractivity contribution is 5.96. The molecule has 117 heavy (non-hydrogen) atoms. The Morgan fingerprint density at radius 2 is 0.504 bits per heavy atom. The number of aryl methyl sites for hydroxylation is 12. The van der Waals surface area contributed by atoms with Crippen LogP contribution in [0.2, 0.25) is 0 Å². The first-order valence-corrected chi connectivity index (χ1v) is 46.1. The van der Waals surface area contributed by atoms with Gasteiger partial charge in [-0.05, 0) is 406 Å². The van der Waals surface area contributed by atoms with Crippen LogP contribution >= 0.6 is 0 Å². The molecule has 0 atom stereocenters. The summed E-state index contributed by atoms with van der Waals surface area (Å²) in [6.07, 6.45) is 21.5. The van der Waals surface area contributed by atoms with Crippen molar-refractivity contribution in [2.45, 2.75) is 332 Å². The summed E-state index contributed by atoms with van der Waals surface area (Å²) in [5, 5.41) is 5.45. The molecule has 0 bridgehead atoms. The molecule has 12 aromatic rings. The smallest absolute Gasteiger partial charge is 0.000456 e. The molecule has 0 spiro atoms. The highest BCUT2D eigenvalue weighted by Crippen LogP contribution is 2.48. The average molecular weight is 1570 g/mol. The van der Waals surface area contributed by atoms with E-state index in [1.165, 1.54) is 243 Å². The van der Waals surface area contributed by atoms with Crippen LogP contribution in [0.1, 0.15) is 337 Å². The Balaban J connectivity index is 0.000000290. The van der Waals surface area contributed by atoms with Gasteiger partial charge in [0.15, 0.2) is 0 Å². The predicted octanol–water partition coefficient (Wildman–Crippen LogP) is 35.9. The fourth-order valence-corrected chi connectivity index (χ4v) is 17.9. The van der Waals surface area contributed by atoms with E-state index in [-0.39, 0.29) is 14.9 Å². The largest absolute Gasteiger partial charge is 0.0776 e. The third kappa shape index (κ3) is 22.2. The van der Waals surface area contributed by atoms with E-state index >= 15 is 0 Å². The number of hydrogen-bond donors (Lipinski definition) is 0. The molecule has 0 saturated carbocycles. The van der Waals surface area contributed by atoms with Crippen LogP contribution in [-0.4, -0.2) is 0 Å². The van der Waals surface area contributed by atoms with E-state index in [1.54, 1.807) is 55.6 Å². The summed E-state index contributed by atoms with van der Waals surface area (Å²) in [7, 11) is 0.